The molecule has 108 valence electrons. The highest BCUT2D eigenvalue weighted by Gasteiger charge is 2.16. The van der Waals surface area contributed by atoms with Crippen LogP contribution in [0.3, 0.4) is 0 Å². The highest BCUT2D eigenvalue weighted by Crippen LogP contribution is 2.14. The Morgan fingerprint density at radius 3 is 2.21 bits per heavy atom. The Morgan fingerprint density at radius 2 is 1.79 bits per heavy atom. The van der Waals surface area contributed by atoms with Crippen molar-refractivity contribution in [2.24, 2.45) is 5.73 Å². The summed E-state index contributed by atoms with van der Waals surface area (Å²) in [5, 5.41) is 9.04. The molecule has 0 amide bonds. The van der Waals surface area contributed by atoms with E-state index < -0.39 is 0 Å². The monoisotopic (exact) mass is 264 g/mol. The molecule has 0 radical (unpaired) electrons. The van der Waals surface area contributed by atoms with Gasteiger partial charge in [-0.1, -0.05) is 19.9 Å². The van der Waals surface area contributed by atoms with Crippen molar-refractivity contribution in [1.29, 1.82) is 5.26 Å². The predicted octanol–water partition coefficient (Wildman–Crippen LogP) is 1.96. The lowest BCUT2D eigenvalue weighted by molar-refractivity contribution is 0.189. The smallest absolute Gasteiger partial charge is 0.0965 e. The summed E-state index contributed by atoms with van der Waals surface area (Å²) in [6.45, 7) is 11.8. The van der Waals surface area contributed by atoms with Crippen molar-refractivity contribution in [3.05, 3.63) is 23.4 Å². The second kappa shape index (κ2) is 9.60. The molecular weight excluding hydrogens is 236 g/mol. The minimum atomic E-state index is 0.0176. The van der Waals surface area contributed by atoms with Gasteiger partial charge in [-0.3, -0.25) is 0 Å². The van der Waals surface area contributed by atoms with Gasteiger partial charge >= 0.3 is 0 Å². The van der Waals surface area contributed by atoms with Gasteiger partial charge in [-0.05, 0) is 27.0 Å². The van der Waals surface area contributed by atoms with Gasteiger partial charge in [0, 0.05) is 43.5 Å². The van der Waals surface area contributed by atoms with Crippen LogP contribution in [0, 0.1) is 11.3 Å². The van der Waals surface area contributed by atoms with E-state index in [0.717, 1.165) is 37.4 Å². The molecule has 1 unspecified atom stereocenters. The summed E-state index contributed by atoms with van der Waals surface area (Å²) >= 11 is 0. The number of nitriles is 1. The normalized spacial score (nSPS) is 19.3. The quantitative estimate of drug-likeness (QED) is 0.625. The van der Waals surface area contributed by atoms with Gasteiger partial charge in [0.1, 0.15) is 0 Å². The van der Waals surface area contributed by atoms with Crippen molar-refractivity contribution < 1.29 is 0 Å². The number of likely N-dealkylation sites (N-methyl/N-ethyl adjacent to an activating group) is 1. The summed E-state index contributed by atoms with van der Waals surface area (Å²) in [5.41, 5.74) is 7.48. The molecule has 1 heterocycles. The van der Waals surface area contributed by atoms with Gasteiger partial charge in [0.2, 0.25) is 0 Å². The minimum absolute atomic E-state index is 0.0176. The zero-order valence-electron chi connectivity index (χ0n) is 13.0. The van der Waals surface area contributed by atoms with Crippen LogP contribution in [0.15, 0.2) is 23.4 Å². The molecule has 0 spiro atoms. The summed E-state index contributed by atoms with van der Waals surface area (Å²) in [6, 6.07) is 2.25. The lowest BCUT2D eigenvalue weighted by atomic mass is 10.1. The summed E-state index contributed by atoms with van der Waals surface area (Å²) in [4.78, 5) is 4.56. The number of rotatable bonds is 3. The summed E-state index contributed by atoms with van der Waals surface area (Å²) in [6.07, 6.45) is 3.92. The first-order valence-electron chi connectivity index (χ1n) is 7.03. The topological polar surface area (TPSA) is 56.3 Å². The lowest BCUT2D eigenvalue weighted by Gasteiger charge is -2.35. The van der Waals surface area contributed by atoms with Gasteiger partial charge in [0.05, 0.1) is 6.07 Å². The predicted molar refractivity (Wildman–Crippen MR) is 81.5 cm³/mol. The van der Waals surface area contributed by atoms with E-state index in [9.17, 15) is 0 Å². The van der Waals surface area contributed by atoms with E-state index in [2.05, 4.69) is 22.9 Å². The van der Waals surface area contributed by atoms with E-state index in [1.54, 1.807) is 0 Å². The van der Waals surface area contributed by atoms with Gasteiger partial charge in [-0.25, -0.2) is 0 Å². The molecule has 4 heteroatoms. The van der Waals surface area contributed by atoms with Crippen molar-refractivity contribution in [2.45, 2.75) is 33.7 Å². The highest BCUT2D eigenvalue weighted by molar-refractivity contribution is 5.33. The van der Waals surface area contributed by atoms with Crippen LogP contribution < -0.4 is 5.73 Å². The van der Waals surface area contributed by atoms with E-state index >= 15 is 0 Å². The zero-order valence-corrected chi connectivity index (χ0v) is 13.0. The number of nitrogens with two attached hydrogens (primary N) is 1. The average molecular weight is 264 g/mol. The standard InChI is InChI=1S/C13H22N4.C2H6/c1-11(10-14)13(5-4-12(2)15)17-8-6-16(3)7-9-17;1-2/h4-5,12H,6-9,15H2,1-3H3;1-2H3/b5-4-,13-11-;. The van der Waals surface area contributed by atoms with Crippen molar-refractivity contribution >= 4 is 0 Å². The Kier molecular flexibility index (Phi) is 8.94. The lowest BCUT2D eigenvalue weighted by Crippen LogP contribution is -2.43. The van der Waals surface area contributed by atoms with Crippen LogP contribution >= 0.6 is 0 Å². The Labute approximate surface area is 118 Å². The van der Waals surface area contributed by atoms with Crippen LogP contribution in [0.2, 0.25) is 0 Å². The molecule has 2 N–H and O–H groups in total. The van der Waals surface area contributed by atoms with Crippen LogP contribution in [0.1, 0.15) is 27.7 Å². The molecule has 1 aliphatic rings. The van der Waals surface area contributed by atoms with Crippen LogP contribution in [-0.2, 0) is 0 Å². The Balaban J connectivity index is 0.00000154. The fraction of sp³-hybridized carbons (Fsp3) is 0.667. The average Bonchev–Trinajstić information content (AvgIpc) is 2.42. The molecule has 0 aliphatic carbocycles. The van der Waals surface area contributed by atoms with Crippen molar-refractivity contribution in [3.8, 4) is 6.07 Å². The number of hydrogen-bond acceptors (Lipinski definition) is 4. The van der Waals surface area contributed by atoms with Gasteiger partial charge in [-0.15, -0.1) is 0 Å². The highest BCUT2D eigenvalue weighted by atomic mass is 15.2. The molecule has 0 saturated carbocycles. The van der Waals surface area contributed by atoms with Gasteiger partial charge < -0.3 is 15.5 Å². The van der Waals surface area contributed by atoms with Crippen molar-refractivity contribution in [1.82, 2.24) is 9.80 Å². The second-order valence-electron chi connectivity index (χ2n) is 4.63. The third-order valence-corrected chi connectivity index (χ3v) is 2.95. The first kappa shape index (κ1) is 17.7. The van der Waals surface area contributed by atoms with Crippen LogP contribution in [0.25, 0.3) is 0 Å². The molecule has 1 saturated heterocycles. The summed E-state index contributed by atoms with van der Waals surface area (Å²) < 4.78 is 0. The fourth-order valence-electron chi connectivity index (χ4n) is 1.82. The van der Waals surface area contributed by atoms with Crippen LogP contribution in [-0.4, -0.2) is 49.1 Å². The maximum absolute atomic E-state index is 9.04. The molecule has 0 aromatic carbocycles. The Hall–Kier alpha value is -1.31. The summed E-state index contributed by atoms with van der Waals surface area (Å²) in [5.74, 6) is 0. The van der Waals surface area contributed by atoms with E-state index in [1.165, 1.54) is 0 Å². The minimum Gasteiger partial charge on any atom is -0.368 e. The SMILES string of the molecule is C/C(C#N)=C(\C=C/C(C)N)N1CCN(C)CC1.CC. The Bertz CT molecular complexity index is 342. The van der Waals surface area contributed by atoms with Crippen LogP contribution in [0.5, 0.6) is 0 Å². The van der Waals surface area contributed by atoms with Gasteiger partial charge in [0.25, 0.3) is 0 Å². The molecule has 0 aromatic rings. The van der Waals surface area contributed by atoms with E-state index in [4.69, 9.17) is 11.0 Å². The number of piperazine rings is 1. The van der Waals surface area contributed by atoms with Gasteiger partial charge in [-0.2, -0.15) is 5.26 Å². The maximum atomic E-state index is 9.04. The van der Waals surface area contributed by atoms with Gasteiger partial charge in [0.15, 0.2) is 0 Å². The zero-order chi connectivity index (χ0) is 14.8. The van der Waals surface area contributed by atoms with E-state index in [0.29, 0.717) is 0 Å². The molecule has 1 fully saturated rings. The first-order valence-corrected chi connectivity index (χ1v) is 7.03. The molecule has 19 heavy (non-hydrogen) atoms. The molecule has 0 aromatic heterocycles. The number of nitrogens with zero attached hydrogens (tertiary/aromatic N) is 3. The first-order chi connectivity index (χ1) is 9.04. The molecule has 0 bridgehead atoms. The molecular formula is C15H28N4. The van der Waals surface area contributed by atoms with E-state index in [1.807, 2.05) is 39.8 Å². The fourth-order valence-corrected chi connectivity index (χ4v) is 1.82. The van der Waals surface area contributed by atoms with E-state index in [-0.39, 0.29) is 6.04 Å². The van der Waals surface area contributed by atoms with Crippen molar-refractivity contribution in [2.75, 3.05) is 33.2 Å². The largest absolute Gasteiger partial charge is 0.368 e. The molecule has 4 nitrogen and oxygen atoms in total. The third-order valence-electron chi connectivity index (χ3n) is 2.95. The third kappa shape index (κ3) is 6.42. The van der Waals surface area contributed by atoms with Crippen molar-refractivity contribution in [3.63, 3.8) is 0 Å². The molecule has 1 atom stereocenters. The van der Waals surface area contributed by atoms with Crippen LogP contribution in [0.4, 0.5) is 0 Å². The summed E-state index contributed by atoms with van der Waals surface area (Å²) in [7, 11) is 2.12. The molecule has 1 rings (SSSR count). The maximum Gasteiger partial charge on any atom is 0.0965 e. The number of allylic oxidation sites excluding steroid dienone is 2. The number of hydrogen-bond donors (Lipinski definition) is 1. The molecule has 1 aliphatic heterocycles. The second-order valence-corrected chi connectivity index (χ2v) is 4.63. The Morgan fingerprint density at radius 1 is 1.26 bits per heavy atom.